The molecule has 0 atom stereocenters. The third-order valence-electron chi connectivity index (χ3n) is 4.11. The van der Waals surface area contributed by atoms with E-state index in [0.29, 0.717) is 23.2 Å². The van der Waals surface area contributed by atoms with Gasteiger partial charge in [-0.15, -0.1) is 23.2 Å². The third-order valence-corrected chi connectivity index (χ3v) is 4.44. The maximum Gasteiger partial charge on any atom is 0.173 e. The first kappa shape index (κ1) is 22.9. The number of hydrogen-bond acceptors (Lipinski definition) is 5. The second-order valence-corrected chi connectivity index (χ2v) is 7.05. The molecule has 0 bridgehead atoms. The molecule has 2 aromatic carbocycles. The number of hydrogen-bond donors (Lipinski definition) is 2. The average Bonchev–Trinajstić information content (AvgIpc) is 2.73. The first-order valence-corrected chi connectivity index (χ1v) is 10.2. The molecule has 2 rings (SSSR count). The summed E-state index contributed by atoms with van der Waals surface area (Å²) in [6, 6.07) is 15.5. The Balaban J connectivity index is 2.07. The van der Waals surface area contributed by atoms with Gasteiger partial charge in [-0.2, -0.15) is 10.2 Å². The second kappa shape index (κ2) is 12.2. The van der Waals surface area contributed by atoms with Crippen molar-refractivity contribution in [1.29, 1.82) is 0 Å². The van der Waals surface area contributed by atoms with Crippen molar-refractivity contribution in [3.63, 3.8) is 0 Å². The molecule has 0 unspecified atom stereocenters. The Morgan fingerprint density at radius 2 is 1.66 bits per heavy atom. The standard InChI is InChI=1S/C21H25Cl2N5O/c1-16-3-7-19(8-4-16)25-21(27-29)17(2)26-24-15-18-5-9-20(10-6-18)28(13-11-22)14-12-23/h3-10,15,29H,11-14H2,1-2H3,(H,25,27). The van der Waals surface area contributed by atoms with Gasteiger partial charge in [0, 0.05) is 30.5 Å². The highest BCUT2D eigenvalue weighted by molar-refractivity contribution is 6.40. The van der Waals surface area contributed by atoms with Gasteiger partial charge in [0.15, 0.2) is 5.84 Å². The molecule has 2 N–H and O–H groups in total. The zero-order valence-corrected chi connectivity index (χ0v) is 18.0. The van der Waals surface area contributed by atoms with Crippen LogP contribution in [0.2, 0.25) is 0 Å². The Kier molecular flexibility index (Phi) is 9.64. The Morgan fingerprint density at radius 1 is 1.03 bits per heavy atom. The molecule has 0 aliphatic carbocycles. The van der Waals surface area contributed by atoms with Crippen LogP contribution in [0.4, 0.5) is 11.4 Å². The van der Waals surface area contributed by atoms with Crippen LogP contribution in [0.1, 0.15) is 18.1 Å². The van der Waals surface area contributed by atoms with E-state index >= 15 is 0 Å². The highest BCUT2D eigenvalue weighted by atomic mass is 35.5. The van der Waals surface area contributed by atoms with Crippen molar-refractivity contribution in [1.82, 2.24) is 5.48 Å². The number of halogens is 2. The lowest BCUT2D eigenvalue weighted by atomic mass is 10.2. The number of aliphatic imine (C=N–C) groups is 1. The van der Waals surface area contributed by atoms with Crippen LogP contribution < -0.4 is 10.4 Å². The van der Waals surface area contributed by atoms with E-state index in [1.807, 2.05) is 55.5 Å². The zero-order chi connectivity index (χ0) is 21.1. The number of aryl methyl sites for hydroxylation is 1. The van der Waals surface area contributed by atoms with Gasteiger partial charge in [0.2, 0.25) is 0 Å². The topological polar surface area (TPSA) is 72.6 Å². The van der Waals surface area contributed by atoms with E-state index in [1.54, 1.807) is 13.1 Å². The van der Waals surface area contributed by atoms with Gasteiger partial charge in [-0.1, -0.05) is 29.8 Å². The Morgan fingerprint density at radius 3 is 2.21 bits per heavy atom. The summed E-state index contributed by atoms with van der Waals surface area (Å²) in [5.74, 6) is 1.32. The van der Waals surface area contributed by atoms with Crippen molar-refractivity contribution in [2.24, 2.45) is 15.2 Å². The van der Waals surface area contributed by atoms with Crippen LogP contribution in [0, 0.1) is 6.92 Å². The van der Waals surface area contributed by atoms with Gasteiger partial charge in [-0.05, 0) is 43.7 Å². The number of alkyl halides is 2. The van der Waals surface area contributed by atoms with Gasteiger partial charge in [0.25, 0.3) is 0 Å². The molecule has 0 aromatic heterocycles. The summed E-state index contributed by atoms with van der Waals surface area (Å²) in [4.78, 5) is 6.46. The molecule has 8 heteroatoms. The van der Waals surface area contributed by atoms with E-state index < -0.39 is 0 Å². The molecule has 0 heterocycles. The van der Waals surface area contributed by atoms with Crippen LogP contribution in [0.3, 0.4) is 0 Å². The molecule has 0 aliphatic heterocycles. The van der Waals surface area contributed by atoms with E-state index in [2.05, 4.69) is 25.6 Å². The molecule has 154 valence electrons. The van der Waals surface area contributed by atoms with Gasteiger partial charge in [0.1, 0.15) is 5.71 Å². The summed E-state index contributed by atoms with van der Waals surface area (Å²) in [7, 11) is 0. The van der Waals surface area contributed by atoms with Gasteiger partial charge in [0.05, 0.1) is 11.9 Å². The maximum atomic E-state index is 9.36. The molecule has 0 saturated heterocycles. The normalized spacial score (nSPS) is 12.4. The molecule has 0 spiro atoms. The molecule has 0 fully saturated rings. The van der Waals surface area contributed by atoms with Gasteiger partial charge >= 0.3 is 0 Å². The number of rotatable bonds is 9. The maximum absolute atomic E-state index is 9.36. The first-order chi connectivity index (χ1) is 14.1. The van der Waals surface area contributed by atoms with E-state index in [0.717, 1.165) is 29.9 Å². The van der Waals surface area contributed by atoms with E-state index in [9.17, 15) is 5.21 Å². The number of nitrogens with zero attached hydrogens (tertiary/aromatic N) is 4. The van der Waals surface area contributed by atoms with Crippen LogP contribution in [-0.2, 0) is 0 Å². The molecule has 0 saturated carbocycles. The Bertz CT molecular complexity index is 842. The monoisotopic (exact) mass is 433 g/mol. The lowest BCUT2D eigenvalue weighted by Gasteiger charge is -2.22. The fourth-order valence-corrected chi connectivity index (χ4v) is 2.92. The highest BCUT2D eigenvalue weighted by Crippen LogP contribution is 2.15. The third kappa shape index (κ3) is 7.49. The SMILES string of the molecule is CC(=NN=Cc1ccc(N(CCCl)CCCl)cc1)C(=Nc1ccc(C)cc1)NO. The number of hydroxylamine groups is 1. The molecule has 0 amide bonds. The first-order valence-electron chi connectivity index (χ1n) is 9.17. The lowest BCUT2D eigenvalue weighted by molar-refractivity contribution is 0.236. The van der Waals surface area contributed by atoms with E-state index in [-0.39, 0.29) is 5.84 Å². The van der Waals surface area contributed by atoms with Crippen molar-refractivity contribution in [2.75, 3.05) is 29.7 Å². The number of benzene rings is 2. The van der Waals surface area contributed by atoms with Crippen molar-refractivity contribution >= 4 is 52.3 Å². The molecule has 0 aliphatic rings. The minimum atomic E-state index is 0.235. The molecule has 6 nitrogen and oxygen atoms in total. The highest BCUT2D eigenvalue weighted by Gasteiger charge is 2.05. The number of amidine groups is 1. The van der Waals surface area contributed by atoms with Gasteiger partial charge in [-0.25, -0.2) is 4.99 Å². The minimum absolute atomic E-state index is 0.235. The summed E-state index contributed by atoms with van der Waals surface area (Å²) in [5, 5.41) is 17.6. The fraction of sp³-hybridized carbons (Fsp3) is 0.286. The predicted octanol–water partition coefficient (Wildman–Crippen LogP) is 4.78. The van der Waals surface area contributed by atoms with Gasteiger partial charge in [-0.3, -0.25) is 10.7 Å². The molecular weight excluding hydrogens is 409 g/mol. The Hall–Kier alpha value is -2.41. The molecule has 2 aromatic rings. The largest absolute Gasteiger partial charge is 0.369 e. The fourth-order valence-electron chi connectivity index (χ4n) is 2.51. The second-order valence-electron chi connectivity index (χ2n) is 6.29. The van der Waals surface area contributed by atoms with E-state index in [4.69, 9.17) is 23.2 Å². The summed E-state index contributed by atoms with van der Waals surface area (Å²) < 4.78 is 0. The minimum Gasteiger partial charge on any atom is -0.369 e. The molecule has 0 radical (unpaired) electrons. The summed E-state index contributed by atoms with van der Waals surface area (Å²) in [5.41, 5.74) is 6.33. The quantitative estimate of drug-likeness (QED) is 0.258. The van der Waals surface area contributed by atoms with Crippen molar-refractivity contribution in [3.8, 4) is 0 Å². The number of nitrogens with one attached hydrogen (secondary N) is 1. The van der Waals surface area contributed by atoms with Crippen LogP contribution >= 0.6 is 23.2 Å². The molecule has 29 heavy (non-hydrogen) atoms. The Labute approximate surface area is 181 Å². The van der Waals surface area contributed by atoms with Crippen molar-refractivity contribution in [3.05, 3.63) is 59.7 Å². The smallest absolute Gasteiger partial charge is 0.173 e. The number of anilines is 1. The van der Waals surface area contributed by atoms with Crippen LogP contribution in [-0.4, -0.2) is 47.8 Å². The summed E-state index contributed by atoms with van der Waals surface area (Å²) >= 11 is 11.7. The van der Waals surface area contributed by atoms with Gasteiger partial charge < -0.3 is 4.90 Å². The molecular formula is C21H25Cl2N5O. The van der Waals surface area contributed by atoms with Crippen LogP contribution in [0.5, 0.6) is 0 Å². The average molecular weight is 434 g/mol. The van der Waals surface area contributed by atoms with E-state index in [1.165, 1.54) is 0 Å². The summed E-state index contributed by atoms with van der Waals surface area (Å²) in [6.07, 6.45) is 1.64. The lowest BCUT2D eigenvalue weighted by Crippen LogP contribution is -2.27. The van der Waals surface area contributed by atoms with Crippen molar-refractivity contribution in [2.45, 2.75) is 13.8 Å². The zero-order valence-electron chi connectivity index (χ0n) is 16.5. The van der Waals surface area contributed by atoms with Crippen LogP contribution in [0.25, 0.3) is 0 Å². The van der Waals surface area contributed by atoms with Crippen molar-refractivity contribution < 1.29 is 5.21 Å². The predicted molar refractivity (Wildman–Crippen MR) is 124 cm³/mol. The summed E-state index contributed by atoms with van der Waals surface area (Å²) in [6.45, 7) is 5.19. The van der Waals surface area contributed by atoms with Crippen LogP contribution in [0.15, 0.2) is 63.7 Å².